The van der Waals surface area contributed by atoms with Crippen molar-refractivity contribution >= 4 is 11.8 Å². The highest BCUT2D eigenvalue weighted by atomic mass is 32.2. The first-order valence-corrected chi connectivity index (χ1v) is 4.22. The Labute approximate surface area is 64.4 Å². The van der Waals surface area contributed by atoms with E-state index in [0.29, 0.717) is 5.75 Å². The molecular formula is C6H13F2NS. The summed E-state index contributed by atoms with van der Waals surface area (Å²) in [5.74, 6) is 0.470. The number of hydrogen-bond donors (Lipinski definition) is 1. The Kier molecular flexibility index (Phi) is 4.20. The molecule has 0 saturated carbocycles. The minimum Gasteiger partial charge on any atom is -0.325 e. The van der Waals surface area contributed by atoms with E-state index in [-0.39, 0.29) is 11.3 Å². The molecule has 0 amide bonds. The molecule has 0 aliphatic heterocycles. The van der Waals surface area contributed by atoms with Crippen molar-refractivity contribution < 1.29 is 8.78 Å². The molecule has 0 aromatic carbocycles. The van der Waals surface area contributed by atoms with E-state index in [2.05, 4.69) is 0 Å². The molecule has 4 heteroatoms. The van der Waals surface area contributed by atoms with Crippen LogP contribution in [0.25, 0.3) is 0 Å². The van der Waals surface area contributed by atoms with Crippen LogP contribution in [-0.2, 0) is 0 Å². The van der Waals surface area contributed by atoms with Crippen LogP contribution in [-0.4, -0.2) is 23.5 Å². The fourth-order valence-corrected chi connectivity index (χ4v) is 1.23. The van der Waals surface area contributed by atoms with E-state index in [1.165, 1.54) is 11.8 Å². The second-order valence-electron chi connectivity index (χ2n) is 2.89. The van der Waals surface area contributed by atoms with Gasteiger partial charge in [0.05, 0.1) is 5.75 Å². The summed E-state index contributed by atoms with van der Waals surface area (Å²) in [5, 5.41) is 0. The summed E-state index contributed by atoms with van der Waals surface area (Å²) in [6.45, 7) is 3.65. The molecular weight excluding hydrogens is 156 g/mol. The van der Waals surface area contributed by atoms with Crippen LogP contribution in [0.5, 0.6) is 0 Å². The normalized spacial score (nSPS) is 12.6. The van der Waals surface area contributed by atoms with E-state index in [4.69, 9.17) is 5.73 Å². The largest absolute Gasteiger partial charge is 0.325 e. The summed E-state index contributed by atoms with van der Waals surface area (Å²) < 4.78 is 23.1. The van der Waals surface area contributed by atoms with Gasteiger partial charge in [0.2, 0.25) is 6.43 Å². The van der Waals surface area contributed by atoms with Crippen LogP contribution in [0.4, 0.5) is 8.78 Å². The first-order valence-electron chi connectivity index (χ1n) is 3.06. The number of halogens is 2. The Bertz CT molecular complexity index is 90.2. The van der Waals surface area contributed by atoms with Gasteiger partial charge in [0.1, 0.15) is 0 Å². The zero-order valence-corrected chi connectivity index (χ0v) is 7.05. The van der Waals surface area contributed by atoms with Gasteiger partial charge in [-0.25, -0.2) is 8.78 Å². The highest BCUT2D eigenvalue weighted by Crippen LogP contribution is 2.12. The number of alkyl halides is 2. The van der Waals surface area contributed by atoms with Crippen molar-refractivity contribution in [3.63, 3.8) is 0 Å². The molecule has 0 spiro atoms. The summed E-state index contributed by atoms with van der Waals surface area (Å²) >= 11 is 1.19. The number of nitrogens with two attached hydrogens (primary N) is 1. The Hall–Kier alpha value is 0.170. The van der Waals surface area contributed by atoms with Gasteiger partial charge in [0.25, 0.3) is 0 Å². The smallest absolute Gasteiger partial charge is 0.247 e. The van der Waals surface area contributed by atoms with Crippen molar-refractivity contribution in [3.8, 4) is 0 Å². The van der Waals surface area contributed by atoms with Crippen molar-refractivity contribution in [2.24, 2.45) is 5.73 Å². The Balaban J connectivity index is 3.21. The van der Waals surface area contributed by atoms with Crippen LogP contribution in [0.2, 0.25) is 0 Å². The maximum absolute atomic E-state index is 11.5. The summed E-state index contributed by atoms with van der Waals surface area (Å²) in [6, 6.07) is 0. The van der Waals surface area contributed by atoms with Gasteiger partial charge in [0.15, 0.2) is 0 Å². The Morgan fingerprint density at radius 2 is 2.00 bits per heavy atom. The zero-order valence-electron chi connectivity index (χ0n) is 6.23. The minimum absolute atomic E-state index is 0.110. The van der Waals surface area contributed by atoms with Crippen LogP contribution in [0.3, 0.4) is 0 Å². The Morgan fingerprint density at radius 3 is 2.30 bits per heavy atom. The van der Waals surface area contributed by atoms with Crippen molar-refractivity contribution in [3.05, 3.63) is 0 Å². The molecule has 10 heavy (non-hydrogen) atoms. The molecule has 0 radical (unpaired) electrons. The van der Waals surface area contributed by atoms with E-state index >= 15 is 0 Å². The first-order chi connectivity index (χ1) is 4.42. The first kappa shape index (κ1) is 10.2. The lowest BCUT2D eigenvalue weighted by Crippen LogP contribution is -2.35. The minimum atomic E-state index is -2.22. The number of hydrogen-bond acceptors (Lipinski definition) is 2. The number of rotatable bonds is 4. The molecule has 0 aromatic heterocycles. The van der Waals surface area contributed by atoms with Crippen molar-refractivity contribution in [1.29, 1.82) is 0 Å². The third-order valence-corrected chi connectivity index (χ3v) is 2.15. The molecule has 0 heterocycles. The average Bonchev–Trinajstić information content (AvgIpc) is 1.59. The van der Waals surface area contributed by atoms with Gasteiger partial charge in [0, 0.05) is 11.3 Å². The predicted octanol–water partition coefficient (Wildman–Crippen LogP) is 1.72. The lowest BCUT2D eigenvalue weighted by Gasteiger charge is -2.16. The lowest BCUT2D eigenvalue weighted by atomic mass is 10.1. The topological polar surface area (TPSA) is 26.0 Å². The quantitative estimate of drug-likeness (QED) is 0.693. The summed E-state index contributed by atoms with van der Waals surface area (Å²) in [5.41, 5.74) is 5.22. The van der Waals surface area contributed by atoms with E-state index in [1.807, 2.05) is 13.8 Å². The molecule has 2 N–H and O–H groups in total. The monoisotopic (exact) mass is 169 g/mol. The van der Waals surface area contributed by atoms with Crippen LogP contribution in [0.1, 0.15) is 13.8 Å². The summed E-state index contributed by atoms with van der Waals surface area (Å²) in [6.07, 6.45) is -2.22. The summed E-state index contributed by atoms with van der Waals surface area (Å²) in [7, 11) is 0. The molecule has 0 aliphatic carbocycles. The van der Waals surface area contributed by atoms with Gasteiger partial charge in [-0.2, -0.15) is 11.8 Å². The van der Waals surface area contributed by atoms with Gasteiger partial charge >= 0.3 is 0 Å². The van der Waals surface area contributed by atoms with Crippen molar-refractivity contribution in [2.75, 3.05) is 11.5 Å². The molecule has 62 valence electrons. The molecule has 0 aliphatic rings. The molecule has 0 aromatic rings. The van der Waals surface area contributed by atoms with Gasteiger partial charge in [-0.15, -0.1) is 0 Å². The van der Waals surface area contributed by atoms with E-state index < -0.39 is 6.43 Å². The second-order valence-corrected chi connectivity index (χ2v) is 3.93. The lowest BCUT2D eigenvalue weighted by molar-refractivity contribution is 0.177. The van der Waals surface area contributed by atoms with E-state index in [9.17, 15) is 8.78 Å². The maximum atomic E-state index is 11.5. The highest BCUT2D eigenvalue weighted by Gasteiger charge is 2.11. The molecule has 0 fully saturated rings. The van der Waals surface area contributed by atoms with Gasteiger partial charge < -0.3 is 5.73 Å². The predicted molar refractivity (Wildman–Crippen MR) is 41.6 cm³/mol. The van der Waals surface area contributed by atoms with E-state index in [0.717, 1.165) is 0 Å². The van der Waals surface area contributed by atoms with Gasteiger partial charge in [-0.05, 0) is 13.8 Å². The third-order valence-electron chi connectivity index (χ3n) is 0.718. The molecule has 0 unspecified atom stereocenters. The summed E-state index contributed by atoms with van der Waals surface area (Å²) in [4.78, 5) is 0. The van der Waals surface area contributed by atoms with Gasteiger partial charge in [-0.1, -0.05) is 0 Å². The zero-order chi connectivity index (χ0) is 8.20. The average molecular weight is 169 g/mol. The van der Waals surface area contributed by atoms with Crippen molar-refractivity contribution in [2.45, 2.75) is 25.8 Å². The highest BCUT2D eigenvalue weighted by molar-refractivity contribution is 7.99. The maximum Gasteiger partial charge on any atom is 0.247 e. The van der Waals surface area contributed by atoms with Crippen LogP contribution < -0.4 is 5.73 Å². The second kappa shape index (κ2) is 4.13. The standard InChI is InChI=1S/C6H13F2NS/c1-6(2,9)4-10-3-5(7)8/h5H,3-4,9H2,1-2H3. The van der Waals surface area contributed by atoms with E-state index in [1.54, 1.807) is 0 Å². The SMILES string of the molecule is CC(C)(N)CSCC(F)F. The number of thioether (sulfide) groups is 1. The fraction of sp³-hybridized carbons (Fsp3) is 1.00. The molecule has 0 rings (SSSR count). The fourth-order valence-electron chi connectivity index (χ4n) is 0.411. The molecule has 0 saturated heterocycles. The third kappa shape index (κ3) is 8.17. The van der Waals surface area contributed by atoms with Gasteiger partial charge in [-0.3, -0.25) is 0 Å². The molecule has 1 nitrogen and oxygen atoms in total. The van der Waals surface area contributed by atoms with Crippen molar-refractivity contribution in [1.82, 2.24) is 0 Å². The van der Waals surface area contributed by atoms with Crippen LogP contribution in [0, 0.1) is 0 Å². The molecule has 0 atom stereocenters. The van der Waals surface area contributed by atoms with Crippen LogP contribution in [0.15, 0.2) is 0 Å². The molecule has 0 bridgehead atoms. The Morgan fingerprint density at radius 1 is 1.50 bits per heavy atom. The van der Waals surface area contributed by atoms with Crippen LogP contribution >= 0.6 is 11.8 Å².